The third-order valence-corrected chi connectivity index (χ3v) is 3.48. The van der Waals surface area contributed by atoms with E-state index in [1.165, 1.54) is 7.11 Å². The summed E-state index contributed by atoms with van der Waals surface area (Å²) in [5.74, 6) is 0.477. The zero-order valence-corrected chi connectivity index (χ0v) is 11.7. The van der Waals surface area contributed by atoms with Gasteiger partial charge in [-0.25, -0.2) is 0 Å². The molecule has 0 aliphatic carbocycles. The normalized spacial score (nSPS) is 19.5. The van der Waals surface area contributed by atoms with Gasteiger partial charge in [0.2, 0.25) is 0 Å². The molecule has 0 radical (unpaired) electrons. The first-order chi connectivity index (χ1) is 9.86. The van der Waals surface area contributed by atoms with Gasteiger partial charge in [-0.05, 0) is 19.1 Å². The average molecular weight is 303 g/mol. The molecule has 1 aromatic rings. The van der Waals surface area contributed by atoms with E-state index in [-0.39, 0.29) is 13.2 Å². The Hall–Kier alpha value is -1.76. The summed E-state index contributed by atoms with van der Waals surface area (Å²) in [5, 5.41) is 0. The van der Waals surface area contributed by atoms with Crippen molar-refractivity contribution in [2.45, 2.75) is 19.2 Å². The van der Waals surface area contributed by atoms with Crippen molar-refractivity contribution < 1.29 is 27.4 Å². The first kappa shape index (κ1) is 15.6. The quantitative estimate of drug-likeness (QED) is 0.805. The van der Waals surface area contributed by atoms with Crippen LogP contribution in [0.2, 0.25) is 0 Å². The van der Waals surface area contributed by atoms with E-state index in [0.717, 1.165) is 0 Å². The largest absolute Gasteiger partial charge is 0.496 e. The summed E-state index contributed by atoms with van der Waals surface area (Å²) in [5.41, 5.74) is 1.63. The fourth-order valence-corrected chi connectivity index (χ4v) is 2.37. The molecule has 0 amide bonds. The maximum atomic E-state index is 12.8. The zero-order valence-electron chi connectivity index (χ0n) is 11.7. The number of rotatable bonds is 3. The fraction of sp³-hybridized carbons (Fsp3) is 0.500. The van der Waals surface area contributed by atoms with E-state index in [0.29, 0.717) is 35.4 Å². The number of halogens is 3. The number of anilines is 1. The van der Waals surface area contributed by atoms with Crippen LogP contribution in [0.1, 0.15) is 15.9 Å². The Morgan fingerprint density at radius 3 is 2.71 bits per heavy atom. The summed E-state index contributed by atoms with van der Waals surface area (Å²) >= 11 is 0. The van der Waals surface area contributed by atoms with Crippen LogP contribution in [-0.4, -0.2) is 45.4 Å². The minimum atomic E-state index is -4.40. The minimum absolute atomic E-state index is 0.0166. The summed E-state index contributed by atoms with van der Waals surface area (Å²) < 4.78 is 48.3. The molecule has 0 saturated carbocycles. The van der Waals surface area contributed by atoms with Crippen LogP contribution in [0.3, 0.4) is 0 Å². The van der Waals surface area contributed by atoms with Crippen molar-refractivity contribution in [2.24, 2.45) is 0 Å². The second-order valence-electron chi connectivity index (χ2n) is 4.83. The highest BCUT2D eigenvalue weighted by atomic mass is 19.4. The molecule has 0 spiro atoms. The van der Waals surface area contributed by atoms with Crippen molar-refractivity contribution in [3.05, 3.63) is 23.3 Å². The van der Waals surface area contributed by atoms with Crippen LogP contribution in [0.4, 0.5) is 18.9 Å². The Bertz CT molecular complexity index is 531. The van der Waals surface area contributed by atoms with Crippen LogP contribution in [-0.2, 0) is 4.74 Å². The third-order valence-electron chi connectivity index (χ3n) is 3.48. The summed E-state index contributed by atoms with van der Waals surface area (Å²) in [4.78, 5) is 12.5. The van der Waals surface area contributed by atoms with E-state index in [4.69, 9.17) is 9.47 Å². The molecule has 1 atom stereocenters. The van der Waals surface area contributed by atoms with Crippen molar-refractivity contribution >= 4 is 12.0 Å². The van der Waals surface area contributed by atoms with Gasteiger partial charge in [-0.3, -0.25) is 4.79 Å². The molecule has 4 nitrogen and oxygen atoms in total. The predicted molar refractivity (Wildman–Crippen MR) is 71.1 cm³/mol. The lowest BCUT2D eigenvalue weighted by atomic mass is 10.1. The van der Waals surface area contributed by atoms with Gasteiger partial charge < -0.3 is 14.4 Å². The second-order valence-corrected chi connectivity index (χ2v) is 4.83. The van der Waals surface area contributed by atoms with Crippen molar-refractivity contribution in [1.29, 1.82) is 0 Å². The van der Waals surface area contributed by atoms with Crippen molar-refractivity contribution in [1.82, 2.24) is 0 Å². The molecular formula is C14H16F3NO3. The van der Waals surface area contributed by atoms with E-state index >= 15 is 0 Å². The lowest BCUT2D eigenvalue weighted by Crippen LogP contribution is -2.49. The average Bonchev–Trinajstić information content (AvgIpc) is 2.47. The molecule has 0 bridgehead atoms. The molecule has 1 aliphatic heterocycles. The Kier molecular flexibility index (Phi) is 4.41. The van der Waals surface area contributed by atoms with E-state index in [1.807, 2.05) is 0 Å². The Morgan fingerprint density at radius 1 is 1.43 bits per heavy atom. The standard InChI is InChI=1S/C14H16F3NO3/c1-9-11(5-10(8-19)6-12(9)20-2)18-3-4-21-13(7-18)14(15,16)17/h5-6,8,13H,3-4,7H2,1-2H3. The number of morpholine rings is 1. The van der Waals surface area contributed by atoms with Gasteiger partial charge in [-0.15, -0.1) is 0 Å². The molecule has 1 fully saturated rings. The van der Waals surface area contributed by atoms with Gasteiger partial charge in [-0.2, -0.15) is 13.2 Å². The van der Waals surface area contributed by atoms with Crippen LogP contribution in [0.15, 0.2) is 12.1 Å². The highest BCUT2D eigenvalue weighted by Crippen LogP contribution is 2.33. The molecule has 2 rings (SSSR count). The first-order valence-electron chi connectivity index (χ1n) is 6.44. The van der Waals surface area contributed by atoms with Crippen LogP contribution in [0, 0.1) is 6.92 Å². The van der Waals surface area contributed by atoms with Gasteiger partial charge in [0, 0.05) is 23.4 Å². The molecule has 21 heavy (non-hydrogen) atoms. The van der Waals surface area contributed by atoms with E-state index < -0.39 is 12.3 Å². The molecule has 1 aromatic carbocycles. The molecule has 7 heteroatoms. The van der Waals surface area contributed by atoms with Gasteiger partial charge in [0.05, 0.1) is 20.3 Å². The van der Waals surface area contributed by atoms with Gasteiger partial charge in [0.25, 0.3) is 0 Å². The van der Waals surface area contributed by atoms with Crippen molar-refractivity contribution in [3.63, 3.8) is 0 Å². The number of ether oxygens (including phenoxy) is 2. The summed E-state index contributed by atoms with van der Waals surface area (Å²) in [6, 6.07) is 3.14. The number of nitrogens with zero attached hydrogens (tertiary/aromatic N) is 1. The summed E-state index contributed by atoms with van der Waals surface area (Å²) in [6.07, 6.45) is -5.58. The second kappa shape index (κ2) is 5.93. The van der Waals surface area contributed by atoms with E-state index in [1.54, 1.807) is 24.0 Å². The maximum Gasteiger partial charge on any atom is 0.416 e. The van der Waals surface area contributed by atoms with Crippen LogP contribution in [0.5, 0.6) is 5.75 Å². The van der Waals surface area contributed by atoms with E-state index in [2.05, 4.69) is 0 Å². The van der Waals surface area contributed by atoms with Crippen LogP contribution in [0.25, 0.3) is 0 Å². The summed E-state index contributed by atoms with van der Waals surface area (Å²) in [6.45, 7) is 1.77. The number of carbonyl (C=O) groups excluding carboxylic acids is 1. The number of hydrogen-bond acceptors (Lipinski definition) is 4. The number of methoxy groups -OCH3 is 1. The minimum Gasteiger partial charge on any atom is -0.496 e. The van der Waals surface area contributed by atoms with Gasteiger partial charge in [0.15, 0.2) is 6.10 Å². The van der Waals surface area contributed by atoms with Crippen LogP contribution < -0.4 is 9.64 Å². The predicted octanol–water partition coefficient (Wildman–Crippen LogP) is 2.58. The molecular weight excluding hydrogens is 287 g/mol. The zero-order chi connectivity index (χ0) is 15.6. The highest BCUT2D eigenvalue weighted by molar-refractivity contribution is 5.80. The summed E-state index contributed by atoms with van der Waals surface area (Å²) in [7, 11) is 1.46. The highest BCUT2D eigenvalue weighted by Gasteiger charge is 2.43. The lowest BCUT2D eigenvalue weighted by molar-refractivity contribution is -0.221. The fourth-order valence-electron chi connectivity index (χ4n) is 2.37. The lowest BCUT2D eigenvalue weighted by Gasteiger charge is -2.36. The van der Waals surface area contributed by atoms with E-state index in [9.17, 15) is 18.0 Å². The third kappa shape index (κ3) is 3.29. The molecule has 1 aliphatic rings. The number of alkyl halides is 3. The number of aldehydes is 1. The topological polar surface area (TPSA) is 38.8 Å². The molecule has 1 unspecified atom stereocenters. The Balaban J connectivity index is 2.34. The Labute approximate surface area is 120 Å². The molecule has 0 N–H and O–H groups in total. The van der Waals surface area contributed by atoms with Crippen molar-refractivity contribution in [2.75, 3.05) is 31.7 Å². The Morgan fingerprint density at radius 2 is 2.14 bits per heavy atom. The van der Waals surface area contributed by atoms with Crippen LogP contribution >= 0.6 is 0 Å². The molecule has 1 saturated heterocycles. The van der Waals surface area contributed by atoms with Gasteiger partial charge in [-0.1, -0.05) is 0 Å². The van der Waals surface area contributed by atoms with Crippen molar-refractivity contribution in [3.8, 4) is 5.75 Å². The number of benzene rings is 1. The molecule has 116 valence electrons. The first-order valence-corrected chi connectivity index (χ1v) is 6.44. The maximum absolute atomic E-state index is 12.8. The van der Waals surface area contributed by atoms with Gasteiger partial charge in [0.1, 0.15) is 12.0 Å². The number of hydrogen-bond donors (Lipinski definition) is 0. The molecule has 1 heterocycles. The monoisotopic (exact) mass is 303 g/mol. The number of carbonyl (C=O) groups is 1. The molecule has 0 aromatic heterocycles. The van der Waals surface area contributed by atoms with Gasteiger partial charge >= 0.3 is 6.18 Å². The SMILES string of the molecule is COc1cc(C=O)cc(N2CCOC(C(F)(F)F)C2)c1C. The smallest absolute Gasteiger partial charge is 0.416 e.